The Hall–Kier alpha value is -2.25. The van der Waals surface area contributed by atoms with Crippen LogP contribution in [0.5, 0.6) is 0 Å². The van der Waals surface area contributed by atoms with E-state index in [0.717, 1.165) is 0 Å². The van der Waals surface area contributed by atoms with Crippen molar-refractivity contribution in [3.63, 3.8) is 0 Å². The van der Waals surface area contributed by atoms with Gasteiger partial charge in [-0.05, 0) is 18.9 Å². The number of tetrazole rings is 1. The van der Waals surface area contributed by atoms with Gasteiger partial charge in [-0.25, -0.2) is 0 Å². The molecule has 0 aliphatic rings. The summed E-state index contributed by atoms with van der Waals surface area (Å²) in [6.07, 6.45) is 2.40. The van der Waals surface area contributed by atoms with Gasteiger partial charge in [-0.3, -0.25) is 9.59 Å². The smallest absolute Gasteiger partial charge is 0.246 e. The zero-order valence-electron chi connectivity index (χ0n) is 12.0. The number of nitrogens with zero attached hydrogens (tertiary/aromatic N) is 4. The van der Waals surface area contributed by atoms with Crippen molar-refractivity contribution in [3.05, 3.63) is 18.5 Å². The normalized spacial score (nSPS) is 10.9. The van der Waals surface area contributed by atoms with Crippen LogP contribution in [0.25, 0.3) is 0 Å². The van der Waals surface area contributed by atoms with Crippen molar-refractivity contribution >= 4 is 11.8 Å². The number of amides is 2. The van der Waals surface area contributed by atoms with Crippen LogP contribution in [0, 0.1) is 0 Å². The molecule has 0 bridgehead atoms. The van der Waals surface area contributed by atoms with E-state index in [2.05, 4.69) is 32.5 Å². The van der Waals surface area contributed by atoms with Gasteiger partial charge in [0, 0.05) is 7.05 Å². The second kappa shape index (κ2) is 6.78. The zero-order chi connectivity index (χ0) is 15.2. The molecule has 0 aliphatic carbocycles. The van der Waals surface area contributed by atoms with Crippen LogP contribution in [0.15, 0.2) is 12.7 Å². The van der Waals surface area contributed by atoms with E-state index in [0.29, 0.717) is 18.7 Å². The lowest BCUT2D eigenvalue weighted by atomic mass is 9.92. The van der Waals surface area contributed by atoms with Crippen LogP contribution < -0.4 is 5.32 Å². The molecule has 20 heavy (non-hydrogen) atoms. The predicted octanol–water partition coefficient (Wildman–Crippen LogP) is -0.0244. The Morgan fingerprint density at radius 1 is 1.45 bits per heavy atom. The van der Waals surface area contributed by atoms with E-state index in [1.807, 2.05) is 13.8 Å². The average molecular weight is 280 g/mol. The van der Waals surface area contributed by atoms with Crippen LogP contribution >= 0.6 is 0 Å². The first-order chi connectivity index (χ1) is 9.49. The minimum Gasteiger partial charge on any atom is -0.342 e. The fourth-order valence-corrected chi connectivity index (χ4v) is 1.92. The second-order valence-electron chi connectivity index (χ2n) is 4.47. The monoisotopic (exact) mass is 280 g/mol. The van der Waals surface area contributed by atoms with Gasteiger partial charge in [0.25, 0.3) is 0 Å². The number of carbonyl (C=O) groups excluding carboxylic acids is 2. The van der Waals surface area contributed by atoms with Gasteiger partial charge in [-0.2, -0.15) is 5.21 Å². The molecule has 0 saturated heterocycles. The molecule has 0 fully saturated rings. The molecule has 0 spiro atoms. The lowest BCUT2D eigenvalue weighted by Crippen LogP contribution is -2.49. The second-order valence-corrected chi connectivity index (χ2v) is 4.47. The Balaban J connectivity index is 2.79. The third kappa shape index (κ3) is 3.40. The van der Waals surface area contributed by atoms with E-state index in [4.69, 9.17) is 0 Å². The minimum absolute atomic E-state index is 0.0511. The van der Waals surface area contributed by atoms with Crippen molar-refractivity contribution in [1.29, 1.82) is 0 Å². The highest BCUT2D eigenvalue weighted by Crippen LogP contribution is 2.24. The minimum atomic E-state index is -0.678. The molecule has 2 N–H and O–H groups in total. The number of rotatable bonds is 7. The summed E-state index contributed by atoms with van der Waals surface area (Å²) in [5.74, 6) is -0.150. The lowest BCUT2D eigenvalue weighted by molar-refractivity contribution is -0.132. The molecule has 0 unspecified atom stereocenters. The average Bonchev–Trinajstić information content (AvgIpc) is 2.98. The summed E-state index contributed by atoms with van der Waals surface area (Å²) in [6, 6.07) is 0. The fraction of sp³-hybridized carbons (Fsp3) is 0.583. The molecule has 1 rings (SSSR count). The Morgan fingerprint density at radius 3 is 2.55 bits per heavy atom. The van der Waals surface area contributed by atoms with Crippen molar-refractivity contribution < 1.29 is 9.59 Å². The standard InChI is InChI=1S/C12H20N6O2/c1-5-10(20)18(4)8-9(19)13-12(6-2,7-3)11-14-16-17-15-11/h5H,1,6-8H2,2-4H3,(H,13,19)(H,14,15,16,17). The van der Waals surface area contributed by atoms with E-state index < -0.39 is 5.54 Å². The maximum absolute atomic E-state index is 12.1. The molecule has 8 heteroatoms. The number of likely N-dealkylation sites (N-methyl/N-ethyl adjacent to an activating group) is 1. The summed E-state index contributed by atoms with van der Waals surface area (Å²) in [5.41, 5.74) is -0.678. The van der Waals surface area contributed by atoms with E-state index >= 15 is 0 Å². The maximum atomic E-state index is 12.1. The van der Waals surface area contributed by atoms with Crippen LogP contribution in [0.1, 0.15) is 32.5 Å². The van der Waals surface area contributed by atoms with Crippen molar-refractivity contribution in [2.24, 2.45) is 0 Å². The molecule has 0 atom stereocenters. The molecular formula is C12H20N6O2. The van der Waals surface area contributed by atoms with E-state index in [-0.39, 0.29) is 18.4 Å². The quantitative estimate of drug-likeness (QED) is 0.683. The highest BCUT2D eigenvalue weighted by atomic mass is 16.2. The van der Waals surface area contributed by atoms with Crippen molar-refractivity contribution in [3.8, 4) is 0 Å². The van der Waals surface area contributed by atoms with Gasteiger partial charge in [-0.15, -0.1) is 10.2 Å². The van der Waals surface area contributed by atoms with Crippen molar-refractivity contribution in [2.45, 2.75) is 32.2 Å². The topological polar surface area (TPSA) is 104 Å². The Labute approximate surface area is 117 Å². The molecule has 0 saturated carbocycles. The van der Waals surface area contributed by atoms with Crippen molar-refractivity contribution in [1.82, 2.24) is 30.8 Å². The van der Waals surface area contributed by atoms with Crippen molar-refractivity contribution in [2.75, 3.05) is 13.6 Å². The molecule has 1 aromatic rings. The molecular weight excluding hydrogens is 260 g/mol. The summed E-state index contributed by atoms with van der Waals surface area (Å²) < 4.78 is 0. The first-order valence-corrected chi connectivity index (χ1v) is 6.41. The Kier molecular flexibility index (Phi) is 5.36. The number of aromatic nitrogens is 4. The molecule has 1 heterocycles. The third-order valence-electron chi connectivity index (χ3n) is 3.29. The van der Waals surface area contributed by atoms with Crippen LogP contribution in [-0.2, 0) is 15.1 Å². The molecule has 1 aromatic heterocycles. The summed E-state index contributed by atoms with van der Waals surface area (Å²) in [4.78, 5) is 24.7. The van der Waals surface area contributed by atoms with Gasteiger partial charge in [0.15, 0.2) is 5.82 Å². The molecule has 0 radical (unpaired) electrons. The first-order valence-electron chi connectivity index (χ1n) is 6.41. The number of hydrogen-bond acceptors (Lipinski definition) is 5. The van der Waals surface area contributed by atoms with E-state index in [1.54, 1.807) is 0 Å². The summed E-state index contributed by atoms with van der Waals surface area (Å²) >= 11 is 0. The Bertz CT molecular complexity index is 466. The zero-order valence-corrected chi connectivity index (χ0v) is 12.0. The van der Waals surface area contributed by atoms with Crippen LogP contribution in [0.2, 0.25) is 0 Å². The molecule has 2 amide bonds. The van der Waals surface area contributed by atoms with Gasteiger partial charge in [0.1, 0.15) is 5.54 Å². The predicted molar refractivity (Wildman–Crippen MR) is 72.4 cm³/mol. The summed E-state index contributed by atoms with van der Waals surface area (Å²) in [7, 11) is 1.54. The SMILES string of the molecule is C=CC(=O)N(C)CC(=O)NC(CC)(CC)c1nn[nH]n1. The van der Waals surface area contributed by atoms with Gasteiger partial charge in [0.2, 0.25) is 11.8 Å². The van der Waals surface area contributed by atoms with Crippen LogP contribution in [0.4, 0.5) is 0 Å². The third-order valence-corrected chi connectivity index (χ3v) is 3.29. The molecule has 8 nitrogen and oxygen atoms in total. The first kappa shape index (κ1) is 15.8. The molecule has 0 aromatic carbocycles. The van der Waals surface area contributed by atoms with Gasteiger partial charge in [0.05, 0.1) is 6.54 Å². The van der Waals surface area contributed by atoms with Gasteiger partial charge >= 0.3 is 0 Å². The van der Waals surface area contributed by atoms with Gasteiger partial charge in [-0.1, -0.05) is 25.6 Å². The van der Waals surface area contributed by atoms with Crippen LogP contribution in [0.3, 0.4) is 0 Å². The lowest BCUT2D eigenvalue weighted by Gasteiger charge is -2.30. The number of H-pyrrole nitrogens is 1. The number of nitrogens with one attached hydrogen (secondary N) is 2. The Morgan fingerprint density at radius 2 is 2.10 bits per heavy atom. The number of carbonyl (C=O) groups is 2. The van der Waals surface area contributed by atoms with E-state index in [1.165, 1.54) is 18.0 Å². The number of aromatic amines is 1. The highest BCUT2D eigenvalue weighted by molar-refractivity contribution is 5.90. The number of hydrogen-bond donors (Lipinski definition) is 2. The van der Waals surface area contributed by atoms with Gasteiger partial charge < -0.3 is 10.2 Å². The largest absolute Gasteiger partial charge is 0.342 e. The van der Waals surface area contributed by atoms with E-state index in [9.17, 15) is 9.59 Å². The fourth-order valence-electron chi connectivity index (χ4n) is 1.92. The molecule has 110 valence electrons. The highest BCUT2D eigenvalue weighted by Gasteiger charge is 2.34. The summed E-state index contributed by atoms with van der Waals surface area (Å²) in [5, 5.41) is 16.7. The summed E-state index contributed by atoms with van der Waals surface area (Å²) in [6.45, 7) is 7.19. The maximum Gasteiger partial charge on any atom is 0.246 e. The van der Waals surface area contributed by atoms with Crippen LogP contribution in [-0.4, -0.2) is 50.9 Å². The molecule has 0 aliphatic heterocycles.